The molecule has 1 aliphatic heterocycles. The predicted molar refractivity (Wildman–Crippen MR) is 136 cm³/mol. The Hall–Kier alpha value is -1.85. The molecule has 0 radical (unpaired) electrons. The third kappa shape index (κ3) is 4.22. The molecule has 1 N–H and O–H groups in total. The molecule has 0 saturated carbocycles. The maximum Gasteiger partial charge on any atom is 0.495 e. The third-order valence-corrected chi connectivity index (χ3v) is 6.27. The Morgan fingerprint density at radius 2 is 1.44 bits per heavy atom. The van der Waals surface area contributed by atoms with E-state index in [1.807, 2.05) is 0 Å². The molecule has 4 rings (SSSR count). The molecular formula is C26H34B2O4. The summed E-state index contributed by atoms with van der Waals surface area (Å²) in [7, 11) is 0.0621. The standard InChI is InChI=1S/C26H34B2O4/c1-25(2,3)19-11-8-10-18-21(19)23(27-30-14-13-29)17-9-7-12-20(26(4,5)6)22(17)24(18)28-31-15-16-32-28/h7-12,27,29H,13-16H2,1-6H3. The highest BCUT2D eigenvalue weighted by Crippen LogP contribution is 2.35. The molecule has 0 aliphatic carbocycles. The Labute approximate surface area is 192 Å². The van der Waals surface area contributed by atoms with E-state index in [0.29, 0.717) is 27.3 Å². The summed E-state index contributed by atoms with van der Waals surface area (Å²) in [5.74, 6) is 0. The fourth-order valence-electron chi connectivity index (χ4n) is 4.87. The summed E-state index contributed by atoms with van der Waals surface area (Å²) < 4.78 is 18.1. The van der Waals surface area contributed by atoms with E-state index in [-0.39, 0.29) is 24.6 Å². The number of rotatable bonds is 5. The Bertz CT molecular complexity index is 1120. The summed E-state index contributed by atoms with van der Waals surface area (Å²) in [6.07, 6.45) is 0. The van der Waals surface area contributed by atoms with Gasteiger partial charge in [-0.05, 0) is 54.4 Å². The first-order valence-electron chi connectivity index (χ1n) is 11.6. The van der Waals surface area contributed by atoms with Gasteiger partial charge in [-0.2, -0.15) is 0 Å². The van der Waals surface area contributed by atoms with Crippen LogP contribution in [0.2, 0.25) is 0 Å². The minimum Gasteiger partial charge on any atom is -0.432 e. The van der Waals surface area contributed by atoms with E-state index >= 15 is 0 Å². The van der Waals surface area contributed by atoms with Gasteiger partial charge in [-0.3, -0.25) is 0 Å². The van der Waals surface area contributed by atoms with E-state index in [9.17, 15) is 5.11 Å². The molecule has 0 atom stereocenters. The van der Waals surface area contributed by atoms with Crippen molar-refractivity contribution in [2.75, 3.05) is 26.4 Å². The third-order valence-electron chi connectivity index (χ3n) is 6.27. The van der Waals surface area contributed by atoms with E-state index in [4.69, 9.17) is 14.0 Å². The van der Waals surface area contributed by atoms with Gasteiger partial charge in [0, 0.05) is 0 Å². The molecule has 0 aromatic heterocycles. The molecule has 6 heteroatoms. The summed E-state index contributed by atoms with van der Waals surface area (Å²) in [6.45, 7) is 15.0. The van der Waals surface area contributed by atoms with Crippen LogP contribution in [-0.2, 0) is 24.8 Å². The van der Waals surface area contributed by atoms with Crippen LogP contribution in [0.25, 0.3) is 21.5 Å². The quantitative estimate of drug-likeness (QED) is 0.382. The maximum absolute atomic E-state index is 9.34. The van der Waals surface area contributed by atoms with Crippen molar-refractivity contribution in [1.29, 1.82) is 0 Å². The topological polar surface area (TPSA) is 47.9 Å². The van der Waals surface area contributed by atoms with Crippen molar-refractivity contribution in [2.45, 2.75) is 52.4 Å². The summed E-state index contributed by atoms with van der Waals surface area (Å²) >= 11 is 0. The van der Waals surface area contributed by atoms with Crippen molar-refractivity contribution >= 4 is 47.1 Å². The van der Waals surface area contributed by atoms with E-state index in [0.717, 1.165) is 10.8 Å². The second-order valence-corrected chi connectivity index (χ2v) is 10.7. The highest BCUT2D eigenvalue weighted by atomic mass is 16.6. The number of aliphatic hydroxyl groups excluding tert-OH is 1. The molecule has 168 valence electrons. The molecule has 0 spiro atoms. The maximum atomic E-state index is 9.34. The van der Waals surface area contributed by atoms with Gasteiger partial charge in [0.05, 0.1) is 26.4 Å². The summed E-state index contributed by atoms with van der Waals surface area (Å²) in [4.78, 5) is 0. The molecule has 1 saturated heterocycles. The zero-order valence-corrected chi connectivity index (χ0v) is 20.2. The minimum absolute atomic E-state index is 0.0110. The van der Waals surface area contributed by atoms with Crippen LogP contribution >= 0.6 is 0 Å². The second-order valence-electron chi connectivity index (χ2n) is 10.7. The molecule has 0 bridgehead atoms. The monoisotopic (exact) mass is 432 g/mol. The van der Waals surface area contributed by atoms with Crippen molar-refractivity contribution in [3.05, 3.63) is 47.5 Å². The van der Waals surface area contributed by atoms with E-state index in [1.165, 1.54) is 32.7 Å². The predicted octanol–water partition coefficient (Wildman–Crippen LogP) is 3.32. The van der Waals surface area contributed by atoms with Gasteiger partial charge < -0.3 is 19.1 Å². The van der Waals surface area contributed by atoms with Crippen LogP contribution in [0.4, 0.5) is 0 Å². The van der Waals surface area contributed by atoms with Crippen LogP contribution in [0, 0.1) is 0 Å². The number of hydrogen-bond acceptors (Lipinski definition) is 4. The van der Waals surface area contributed by atoms with E-state index < -0.39 is 0 Å². The average Bonchev–Trinajstić information content (AvgIpc) is 3.25. The number of hydrogen-bond donors (Lipinski definition) is 1. The molecule has 0 amide bonds. The van der Waals surface area contributed by atoms with Gasteiger partial charge in [0.1, 0.15) is 0 Å². The highest BCUT2D eigenvalue weighted by Gasteiger charge is 2.35. The van der Waals surface area contributed by atoms with Gasteiger partial charge in [-0.1, -0.05) is 77.9 Å². The Kier molecular flexibility index (Phi) is 6.43. The van der Waals surface area contributed by atoms with E-state index in [1.54, 1.807) is 0 Å². The molecule has 3 aromatic rings. The van der Waals surface area contributed by atoms with E-state index in [2.05, 4.69) is 77.9 Å². The van der Waals surface area contributed by atoms with Gasteiger partial charge in [-0.15, -0.1) is 0 Å². The van der Waals surface area contributed by atoms with Crippen molar-refractivity contribution in [2.24, 2.45) is 0 Å². The first-order chi connectivity index (χ1) is 15.1. The molecule has 1 aliphatic rings. The Morgan fingerprint density at radius 1 is 0.875 bits per heavy atom. The number of aliphatic hydroxyl groups is 1. The molecule has 1 fully saturated rings. The molecule has 4 nitrogen and oxygen atoms in total. The number of fused-ring (bicyclic) bond motifs is 2. The van der Waals surface area contributed by atoms with Crippen LogP contribution in [-0.4, -0.2) is 46.1 Å². The van der Waals surface area contributed by atoms with Crippen molar-refractivity contribution in [3.63, 3.8) is 0 Å². The molecule has 0 unspecified atom stereocenters. The van der Waals surface area contributed by atoms with Gasteiger partial charge in [0.25, 0.3) is 0 Å². The lowest BCUT2D eigenvalue weighted by Gasteiger charge is -2.29. The summed E-state index contributed by atoms with van der Waals surface area (Å²) in [5.41, 5.74) is 4.74. The van der Waals surface area contributed by atoms with Crippen LogP contribution in [0.1, 0.15) is 52.7 Å². The van der Waals surface area contributed by atoms with Gasteiger partial charge in [0.2, 0.25) is 0 Å². The lowest BCUT2D eigenvalue weighted by atomic mass is 9.64. The first kappa shape index (κ1) is 23.3. The zero-order valence-electron chi connectivity index (χ0n) is 20.2. The fraction of sp³-hybridized carbons (Fsp3) is 0.462. The SMILES string of the molecule is CC(C)(C)c1cccc2c(B3OCCO3)c3c(C(C)(C)C)cccc3c(BOCCO)c12. The van der Waals surface area contributed by atoms with Crippen molar-refractivity contribution in [3.8, 4) is 0 Å². The minimum atomic E-state index is -0.383. The summed E-state index contributed by atoms with van der Waals surface area (Å²) in [5, 5.41) is 14.1. The molecule has 1 heterocycles. The summed E-state index contributed by atoms with van der Waals surface area (Å²) in [6, 6.07) is 13.1. The Morgan fingerprint density at radius 3 is 2.00 bits per heavy atom. The van der Waals surface area contributed by atoms with Gasteiger partial charge in [0.15, 0.2) is 0 Å². The fourth-order valence-corrected chi connectivity index (χ4v) is 4.87. The molecular weight excluding hydrogens is 398 g/mol. The lowest BCUT2D eigenvalue weighted by Crippen LogP contribution is -2.38. The molecule has 3 aromatic carbocycles. The van der Waals surface area contributed by atoms with Crippen LogP contribution < -0.4 is 10.9 Å². The van der Waals surface area contributed by atoms with Crippen molar-refractivity contribution < 1.29 is 19.1 Å². The van der Waals surface area contributed by atoms with Gasteiger partial charge in [-0.25, -0.2) is 0 Å². The Balaban J connectivity index is 2.20. The normalized spacial score (nSPS) is 15.2. The van der Waals surface area contributed by atoms with Crippen LogP contribution in [0.15, 0.2) is 36.4 Å². The van der Waals surface area contributed by atoms with Crippen LogP contribution in [0.3, 0.4) is 0 Å². The smallest absolute Gasteiger partial charge is 0.432 e. The highest BCUT2D eigenvalue weighted by molar-refractivity contribution is 6.70. The zero-order chi connectivity index (χ0) is 23.1. The van der Waals surface area contributed by atoms with Gasteiger partial charge >= 0.3 is 14.6 Å². The average molecular weight is 432 g/mol. The lowest BCUT2D eigenvalue weighted by molar-refractivity contribution is 0.209. The van der Waals surface area contributed by atoms with Crippen LogP contribution in [0.5, 0.6) is 0 Å². The second kappa shape index (κ2) is 8.83. The first-order valence-corrected chi connectivity index (χ1v) is 11.6. The largest absolute Gasteiger partial charge is 0.495 e. The van der Waals surface area contributed by atoms with Crippen molar-refractivity contribution in [1.82, 2.24) is 0 Å². The molecule has 32 heavy (non-hydrogen) atoms. The number of benzene rings is 3.